The number of carbonyl (C=O) groups is 1. The smallest absolute Gasteiger partial charge is 0.189 e. The maximum atomic E-state index is 12.0. The fourth-order valence-corrected chi connectivity index (χ4v) is 1.78. The van der Waals surface area contributed by atoms with Gasteiger partial charge < -0.3 is 20.1 Å². The summed E-state index contributed by atoms with van der Waals surface area (Å²) in [5.74, 6) is -0.354. The Bertz CT molecular complexity index is 704. The number of hydrogen-bond donors (Lipinski definition) is 3. The van der Waals surface area contributed by atoms with E-state index in [9.17, 15) is 20.1 Å². The average Bonchev–Trinajstić information content (AvgIpc) is 2.45. The predicted molar refractivity (Wildman–Crippen MR) is 77.8 cm³/mol. The van der Waals surface area contributed by atoms with Crippen molar-refractivity contribution in [2.45, 2.75) is 0 Å². The van der Waals surface area contributed by atoms with Crippen LogP contribution in [0.1, 0.15) is 15.9 Å². The topological polar surface area (TPSA) is 87.0 Å². The molecule has 2 aromatic rings. The second-order valence-electron chi connectivity index (χ2n) is 4.32. The Labute approximate surface area is 121 Å². The van der Waals surface area contributed by atoms with Gasteiger partial charge in [0.2, 0.25) is 0 Å². The summed E-state index contributed by atoms with van der Waals surface area (Å²) < 4.78 is 4.94. The molecule has 0 spiro atoms. The minimum atomic E-state index is -0.414. The molecular weight excluding hydrogens is 272 g/mol. The summed E-state index contributed by atoms with van der Waals surface area (Å²) in [6.07, 6.45) is 2.63. The molecule has 2 aromatic carbocycles. The Morgan fingerprint density at radius 1 is 1.05 bits per heavy atom. The van der Waals surface area contributed by atoms with Gasteiger partial charge >= 0.3 is 0 Å². The first-order chi connectivity index (χ1) is 10.0. The van der Waals surface area contributed by atoms with E-state index in [-0.39, 0.29) is 22.8 Å². The van der Waals surface area contributed by atoms with Crippen molar-refractivity contribution in [3.8, 4) is 23.0 Å². The molecule has 0 heterocycles. The van der Waals surface area contributed by atoms with Gasteiger partial charge in [-0.05, 0) is 36.4 Å². The van der Waals surface area contributed by atoms with Gasteiger partial charge in [-0.2, -0.15) is 0 Å². The zero-order valence-electron chi connectivity index (χ0n) is 11.3. The highest BCUT2D eigenvalue weighted by molar-refractivity contribution is 6.08. The number of hydrogen-bond acceptors (Lipinski definition) is 5. The molecule has 0 unspecified atom stereocenters. The normalized spacial score (nSPS) is 10.7. The lowest BCUT2D eigenvalue weighted by Crippen LogP contribution is -1.95. The number of methoxy groups -OCH3 is 1. The summed E-state index contributed by atoms with van der Waals surface area (Å²) in [5.41, 5.74) is 0.513. The number of ether oxygens (including phenoxy) is 1. The SMILES string of the molecule is COc1ccc(C(=O)C=Cc2ccc(O)cc2O)c(O)c1. The van der Waals surface area contributed by atoms with Gasteiger partial charge in [0.15, 0.2) is 5.78 Å². The maximum absolute atomic E-state index is 12.0. The summed E-state index contributed by atoms with van der Waals surface area (Å²) in [6.45, 7) is 0. The van der Waals surface area contributed by atoms with Crippen LogP contribution in [0.2, 0.25) is 0 Å². The van der Waals surface area contributed by atoms with Crippen molar-refractivity contribution in [3.05, 3.63) is 53.6 Å². The van der Waals surface area contributed by atoms with E-state index < -0.39 is 5.78 Å². The van der Waals surface area contributed by atoms with Gasteiger partial charge in [0, 0.05) is 17.7 Å². The first kappa shape index (κ1) is 14.5. The number of phenolic OH excluding ortho intramolecular Hbond substituents is 3. The lowest BCUT2D eigenvalue weighted by atomic mass is 10.1. The number of benzene rings is 2. The third-order valence-corrected chi connectivity index (χ3v) is 2.90. The highest BCUT2D eigenvalue weighted by Gasteiger charge is 2.09. The zero-order valence-corrected chi connectivity index (χ0v) is 11.3. The van der Waals surface area contributed by atoms with Crippen molar-refractivity contribution < 1.29 is 24.9 Å². The van der Waals surface area contributed by atoms with E-state index in [2.05, 4.69) is 0 Å². The van der Waals surface area contributed by atoms with E-state index in [4.69, 9.17) is 4.74 Å². The molecule has 5 nitrogen and oxygen atoms in total. The molecule has 108 valence electrons. The summed E-state index contributed by atoms with van der Waals surface area (Å²) in [7, 11) is 1.46. The van der Waals surface area contributed by atoms with Crippen molar-refractivity contribution in [2.24, 2.45) is 0 Å². The first-order valence-electron chi connectivity index (χ1n) is 6.12. The van der Waals surface area contributed by atoms with Gasteiger partial charge in [0.05, 0.1) is 12.7 Å². The minimum absolute atomic E-state index is 0.0659. The zero-order chi connectivity index (χ0) is 15.4. The lowest BCUT2D eigenvalue weighted by Gasteiger charge is -2.04. The van der Waals surface area contributed by atoms with Crippen LogP contribution >= 0.6 is 0 Å². The van der Waals surface area contributed by atoms with Crippen LogP contribution in [0.5, 0.6) is 23.0 Å². The van der Waals surface area contributed by atoms with Crippen molar-refractivity contribution >= 4 is 11.9 Å². The predicted octanol–water partition coefficient (Wildman–Crippen LogP) is 2.71. The van der Waals surface area contributed by atoms with Gasteiger partial charge in [-0.1, -0.05) is 0 Å². The van der Waals surface area contributed by atoms with Crippen molar-refractivity contribution in [1.82, 2.24) is 0 Å². The highest BCUT2D eigenvalue weighted by Crippen LogP contribution is 2.26. The third kappa shape index (κ3) is 3.33. The number of phenols is 3. The van der Waals surface area contributed by atoms with Gasteiger partial charge in [0.1, 0.15) is 23.0 Å². The molecule has 0 amide bonds. The van der Waals surface area contributed by atoms with Crippen LogP contribution in [-0.4, -0.2) is 28.2 Å². The van der Waals surface area contributed by atoms with Crippen LogP contribution in [0.3, 0.4) is 0 Å². The van der Waals surface area contributed by atoms with E-state index in [0.29, 0.717) is 11.3 Å². The standard InChI is InChI=1S/C16H14O5/c1-21-12-5-6-13(16(20)9-12)14(18)7-3-10-2-4-11(17)8-15(10)19/h2-9,17,19-20H,1H3. The number of rotatable bonds is 4. The molecule has 0 bridgehead atoms. The third-order valence-electron chi connectivity index (χ3n) is 2.90. The van der Waals surface area contributed by atoms with E-state index in [0.717, 1.165) is 0 Å². The van der Waals surface area contributed by atoms with E-state index in [1.807, 2.05) is 0 Å². The van der Waals surface area contributed by atoms with Crippen molar-refractivity contribution in [1.29, 1.82) is 0 Å². The molecule has 0 aliphatic rings. The largest absolute Gasteiger partial charge is 0.508 e. The number of aromatic hydroxyl groups is 3. The molecule has 0 aromatic heterocycles. The van der Waals surface area contributed by atoms with Crippen molar-refractivity contribution in [2.75, 3.05) is 7.11 Å². The van der Waals surface area contributed by atoms with Crippen LogP contribution in [0, 0.1) is 0 Å². The maximum Gasteiger partial charge on any atom is 0.189 e. The van der Waals surface area contributed by atoms with E-state index >= 15 is 0 Å². The molecule has 0 aliphatic carbocycles. The number of ketones is 1. The lowest BCUT2D eigenvalue weighted by molar-refractivity contribution is 0.104. The summed E-state index contributed by atoms with van der Waals surface area (Å²) in [6, 6.07) is 8.42. The average molecular weight is 286 g/mol. The molecule has 0 saturated carbocycles. The Kier molecular flexibility index (Phi) is 4.13. The summed E-state index contributed by atoms with van der Waals surface area (Å²) in [5, 5.41) is 28.6. The molecule has 21 heavy (non-hydrogen) atoms. The molecule has 0 atom stereocenters. The first-order valence-corrected chi connectivity index (χ1v) is 6.12. The Balaban J connectivity index is 2.23. The van der Waals surface area contributed by atoms with E-state index in [1.165, 1.54) is 49.6 Å². The fraction of sp³-hybridized carbons (Fsp3) is 0.0625. The number of carbonyl (C=O) groups excluding carboxylic acids is 1. The van der Waals surface area contributed by atoms with Crippen LogP contribution in [0.4, 0.5) is 0 Å². The van der Waals surface area contributed by atoms with Crippen LogP contribution in [0.25, 0.3) is 6.08 Å². The highest BCUT2D eigenvalue weighted by atomic mass is 16.5. The van der Waals surface area contributed by atoms with Crippen LogP contribution in [0.15, 0.2) is 42.5 Å². The fourth-order valence-electron chi connectivity index (χ4n) is 1.78. The summed E-state index contributed by atoms with van der Waals surface area (Å²) in [4.78, 5) is 12.0. The quantitative estimate of drug-likeness (QED) is 0.594. The second-order valence-corrected chi connectivity index (χ2v) is 4.32. The summed E-state index contributed by atoms with van der Waals surface area (Å²) >= 11 is 0. The molecular formula is C16H14O5. The molecule has 0 radical (unpaired) electrons. The molecule has 5 heteroatoms. The minimum Gasteiger partial charge on any atom is -0.508 e. The molecule has 0 aliphatic heterocycles. The Hall–Kier alpha value is -2.95. The van der Waals surface area contributed by atoms with Gasteiger partial charge in [-0.15, -0.1) is 0 Å². The Morgan fingerprint density at radius 2 is 1.81 bits per heavy atom. The number of allylic oxidation sites excluding steroid dienone is 1. The monoisotopic (exact) mass is 286 g/mol. The van der Waals surface area contributed by atoms with Crippen LogP contribution < -0.4 is 4.74 Å². The van der Waals surface area contributed by atoms with E-state index in [1.54, 1.807) is 6.07 Å². The Morgan fingerprint density at radius 3 is 2.43 bits per heavy atom. The van der Waals surface area contributed by atoms with Crippen molar-refractivity contribution in [3.63, 3.8) is 0 Å². The molecule has 0 saturated heterocycles. The molecule has 0 fully saturated rings. The van der Waals surface area contributed by atoms with Gasteiger partial charge in [-0.25, -0.2) is 0 Å². The second kappa shape index (κ2) is 6.00. The van der Waals surface area contributed by atoms with Gasteiger partial charge in [0.25, 0.3) is 0 Å². The van der Waals surface area contributed by atoms with Gasteiger partial charge in [-0.3, -0.25) is 4.79 Å². The van der Waals surface area contributed by atoms with Crippen LogP contribution in [-0.2, 0) is 0 Å². The molecule has 3 N–H and O–H groups in total. The molecule has 2 rings (SSSR count).